The predicted molar refractivity (Wildman–Crippen MR) is 111 cm³/mol. The second kappa shape index (κ2) is 6.86. The maximum Gasteiger partial charge on any atom is 0.252 e. The van der Waals surface area contributed by atoms with Crippen molar-refractivity contribution >= 4 is 34.9 Å². The second-order valence-corrected chi connectivity index (χ2v) is 7.95. The number of carbonyl (C=O) groups excluding carboxylic acids is 1. The first kappa shape index (κ1) is 18.1. The minimum absolute atomic E-state index is 0.204. The Kier molecular flexibility index (Phi) is 4.29. The average Bonchev–Trinajstić information content (AvgIpc) is 3.33. The Bertz CT molecular complexity index is 1290. The van der Waals surface area contributed by atoms with Gasteiger partial charge in [-0.3, -0.25) is 4.79 Å². The molecular weight excluding hydrogens is 411 g/mol. The molecule has 4 aromatic rings. The van der Waals surface area contributed by atoms with Gasteiger partial charge in [0.1, 0.15) is 12.1 Å². The van der Waals surface area contributed by atoms with Gasteiger partial charge in [-0.25, -0.2) is 13.9 Å². The van der Waals surface area contributed by atoms with E-state index < -0.39 is 11.9 Å². The van der Waals surface area contributed by atoms with Crippen LogP contribution in [0.15, 0.2) is 59.9 Å². The Morgan fingerprint density at radius 2 is 2.03 bits per heavy atom. The van der Waals surface area contributed by atoms with Crippen molar-refractivity contribution in [2.75, 3.05) is 6.26 Å². The van der Waals surface area contributed by atoms with Gasteiger partial charge >= 0.3 is 0 Å². The highest BCUT2D eigenvalue weighted by Crippen LogP contribution is 2.42. The smallest absolute Gasteiger partial charge is 0.252 e. The van der Waals surface area contributed by atoms with E-state index >= 15 is 0 Å². The molecule has 5 nitrogen and oxygen atoms in total. The molecule has 5 rings (SSSR count). The van der Waals surface area contributed by atoms with Crippen molar-refractivity contribution in [2.24, 2.45) is 0 Å². The molecule has 0 saturated carbocycles. The molecule has 0 bridgehead atoms. The molecule has 29 heavy (non-hydrogen) atoms. The lowest BCUT2D eigenvalue weighted by molar-refractivity contribution is 0.0960. The summed E-state index contributed by atoms with van der Waals surface area (Å²) >= 11 is 7.85. The molecule has 0 radical (unpaired) electrons. The number of amides is 1. The SMILES string of the molecule is CSc1cc(-c2ccc3ncnn3c2)cc2c1C(c1cc(F)ccc1Cl)NC2=O. The molecule has 0 fully saturated rings. The zero-order valence-corrected chi connectivity index (χ0v) is 16.8. The number of rotatable bonds is 3. The Morgan fingerprint density at radius 1 is 1.17 bits per heavy atom. The molecular formula is C21H14ClFN4OS. The van der Waals surface area contributed by atoms with Gasteiger partial charge in [-0.2, -0.15) is 5.10 Å². The number of fused-ring (bicyclic) bond motifs is 2. The minimum Gasteiger partial charge on any atom is -0.341 e. The molecule has 2 aromatic carbocycles. The molecule has 1 amide bonds. The van der Waals surface area contributed by atoms with E-state index in [-0.39, 0.29) is 5.91 Å². The molecule has 1 aliphatic heterocycles. The van der Waals surface area contributed by atoms with Crippen LogP contribution in [0.2, 0.25) is 5.02 Å². The normalized spacial score (nSPS) is 15.6. The maximum atomic E-state index is 13.9. The lowest BCUT2D eigenvalue weighted by Crippen LogP contribution is -2.20. The van der Waals surface area contributed by atoms with Crippen LogP contribution in [0, 0.1) is 5.82 Å². The molecule has 3 heterocycles. The van der Waals surface area contributed by atoms with Gasteiger partial charge in [0, 0.05) is 38.4 Å². The summed E-state index contributed by atoms with van der Waals surface area (Å²) in [4.78, 5) is 17.9. The Balaban J connectivity index is 1.68. The van der Waals surface area contributed by atoms with E-state index in [0.29, 0.717) is 16.1 Å². The molecule has 1 aliphatic rings. The number of hydrogen-bond donors (Lipinski definition) is 1. The van der Waals surface area contributed by atoms with Crippen molar-refractivity contribution in [1.29, 1.82) is 0 Å². The van der Waals surface area contributed by atoms with Gasteiger partial charge in [0.05, 0.1) is 6.04 Å². The summed E-state index contributed by atoms with van der Waals surface area (Å²) < 4.78 is 15.5. The monoisotopic (exact) mass is 424 g/mol. The van der Waals surface area contributed by atoms with Crippen LogP contribution in [0.3, 0.4) is 0 Å². The first-order valence-corrected chi connectivity index (χ1v) is 10.4. The van der Waals surface area contributed by atoms with Crippen molar-refractivity contribution < 1.29 is 9.18 Å². The maximum absolute atomic E-state index is 13.9. The number of benzene rings is 2. The van der Waals surface area contributed by atoms with E-state index in [2.05, 4.69) is 15.4 Å². The molecule has 144 valence electrons. The van der Waals surface area contributed by atoms with Gasteiger partial charge in [-0.1, -0.05) is 11.6 Å². The van der Waals surface area contributed by atoms with E-state index in [1.807, 2.05) is 36.7 Å². The number of hydrogen-bond acceptors (Lipinski definition) is 4. The lowest BCUT2D eigenvalue weighted by atomic mass is 9.95. The lowest BCUT2D eigenvalue weighted by Gasteiger charge is -2.17. The highest BCUT2D eigenvalue weighted by atomic mass is 35.5. The van der Waals surface area contributed by atoms with E-state index in [0.717, 1.165) is 27.2 Å². The van der Waals surface area contributed by atoms with Crippen LogP contribution in [0.1, 0.15) is 27.5 Å². The molecule has 8 heteroatoms. The van der Waals surface area contributed by atoms with E-state index in [1.54, 1.807) is 4.52 Å². The largest absolute Gasteiger partial charge is 0.341 e. The summed E-state index contributed by atoms with van der Waals surface area (Å²) in [5, 5.41) is 7.54. The number of carbonyl (C=O) groups is 1. The summed E-state index contributed by atoms with van der Waals surface area (Å²) in [6.07, 6.45) is 5.32. The quantitative estimate of drug-likeness (QED) is 0.482. The number of halogens is 2. The number of aromatic nitrogens is 3. The van der Waals surface area contributed by atoms with Crippen molar-refractivity contribution in [2.45, 2.75) is 10.9 Å². The van der Waals surface area contributed by atoms with Gasteiger partial charge in [-0.15, -0.1) is 11.8 Å². The van der Waals surface area contributed by atoms with Crippen LogP contribution in [-0.2, 0) is 0 Å². The zero-order chi connectivity index (χ0) is 20.1. The summed E-state index contributed by atoms with van der Waals surface area (Å²) in [5.41, 5.74) is 4.49. The topological polar surface area (TPSA) is 59.3 Å². The Labute approximate surface area is 174 Å². The van der Waals surface area contributed by atoms with Crippen molar-refractivity contribution in [1.82, 2.24) is 19.9 Å². The fourth-order valence-electron chi connectivity index (χ4n) is 3.69. The fourth-order valence-corrected chi connectivity index (χ4v) is 4.60. The molecule has 2 aromatic heterocycles. The summed E-state index contributed by atoms with van der Waals surface area (Å²) in [7, 11) is 0. The van der Waals surface area contributed by atoms with Gasteiger partial charge in [0.15, 0.2) is 5.65 Å². The molecule has 1 unspecified atom stereocenters. The molecule has 1 atom stereocenters. The Hall–Kier alpha value is -2.90. The first-order valence-electron chi connectivity index (χ1n) is 8.82. The summed E-state index contributed by atoms with van der Waals surface area (Å²) in [6, 6.07) is 11.4. The van der Waals surface area contributed by atoms with E-state index in [1.165, 1.54) is 36.3 Å². The first-order chi connectivity index (χ1) is 14.0. The molecule has 0 spiro atoms. The minimum atomic E-state index is -0.491. The highest BCUT2D eigenvalue weighted by molar-refractivity contribution is 7.98. The van der Waals surface area contributed by atoms with Crippen LogP contribution in [0.25, 0.3) is 16.8 Å². The van der Waals surface area contributed by atoms with Gasteiger partial charge < -0.3 is 5.32 Å². The van der Waals surface area contributed by atoms with Crippen LogP contribution in [0.5, 0.6) is 0 Å². The standard InChI is InChI=1S/C21H14ClFN4OS/c1-29-17-7-12(11-2-5-18-24-10-25-27(18)9-11)6-15-19(17)20(26-21(15)28)14-8-13(23)3-4-16(14)22/h2-10,20H,1H3,(H,26,28). The van der Waals surface area contributed by atoms with Crippen molar-refractivity contribution in [3.05, 3.63) is 82.5 Å². The van der Waals surface area contributed by atoms with Crippen molar-refractivity contribution in [3.63, 3.8) is 0 Å². The average molecular weight is 425 g/mol. The van der Waals surface area contributed by atoms with Crippen LogP contribution >= 0.6 is 23.4 Å². The third-order valence-electron chi connectivity index (χ3n) is 5.05. The van der Waals surface area contributed by atoms with Gasteiger partial charge in [0.25, 0.3) is 5.91 Å². The van der Waals surface area contributed by atoms with Crippen LogP contribution in [-0.4, -0.2) is 26.8 Å². The fraction of sp³-hybridized carbons (Fsp3) is 0.0952. The van der Waals surface area contributed by atoms with Crippen LogP contribution < -0.4 is 5.32 Å². The second-order valence-electron chi connectivity index (χ2n) is 6.69. The summed E-state index contributed by atoms with van der Waals surface area (Å²) in [6.45, 7) is 0. The third kappa shape index (κ3) is 2.97. The highest BCUT2D eigenvalue weighted by Gasteiger charge is 2.34. The number of nitrogens with zero attached hydrogens (tertiary/aromatic N) is 3. The van der Waals surface area contributed by atoms with Crippen LogP contribution in [0.4, 0.5) is 4.39 Å². The molecule has 0 aliphatic carbocycles. The third-order valence-corrected chi connectivity index (χ3v) is 6.17. The van der Waals surface area contributed by atoms with Crippen molar-refractivity contribution in [3.8, 4) is 11.1 Å². The molecule has 0 saturated heterocycles. The summed E-state index contributed by atoms with van der Waals surface area (Å²) in [5.74, 6) is -0.597. The predicted octanol–water partition coefficient (Wildman–Crippen LogP) is 4.74. The molecule has 1 N–H and O–H groups in total. The number of nitrogens with one attached hydrogen (secondary N) is 1. The Morgan fingerprint density at radius 3 is 2.86 bits per heavy atom. The van der Waals surface area contributed by atoms with E-state index in [9.17, 15) is 9.18 Å². The number of thioether (sulfide) groups is 1. The van der Waals surface area contributed by atoms with E-state index in [4.69, 9.17) is 11.6 Å². The van der Waals surface area contributed by atoms with Gasteiger partial charge in [0.2, 0.25) is 0 Å². The number of pyridine rings is 1. The van der Waals surface area contributed by atoms with Gasteiger partial charge in [-0.05, 0) is 54.3 Å². The zero-order valence-electron chi connectivity index (χ0n) is 15.2.